The minimum atomic E-state index is -1.85. The minimum Gasteiger partial charge on any atom is -0.464 e. The molecule has 0 bridgehead atoms. The van der Waals surface area contributed by atoms with E-state index in [-0.39, 0.29) is 19.0 Å². The number of fused-ring (bicyclic) bond motifs is 1. The third kappa shape index (κ3) is 3.24. The first-order valence-corrected chi connectivity index (χ1v) is 5.76. The van der Waals surface area contributed by atoms with Crippen molar-refractivity contribution >= 4 is 29.3 Å². The Morgan fingerprint density at radius 3 is 2.89 bits per heavy atom. The number of rotatable bonds is 4. The van der Waals surface area contributed by atoms with Gasteiger partial charge in [0.15, 0.2) is 0 Å². The Morgan fingerprint density at radius 1 is 1.47 bits per heavy atom. The fraction of sp³-hybridized carbons (Fsp3) is 0.308. The molecule has 2 atom stereocenters. The minimum absolute atomic E-state index is 0. The van der Waals surface area contributed by atoms with Crippen LogP contribution in [0, 0.1) is 0 Å². The largest absolute Gasteiger partial charge is 0.464 e. The van der Waals surface area contributed by atoms with Crippen LogP contribution in [0.3, 0.4) is 0 Å². The van der Waals surface area contributed by atoms with Gasteiger partial charge in [-0.2, -0.15) is 0 Å². The summed E-state index contributed by atoms with van der Waals surface area (Å²) in [6.45, 7) is 1.77. The maximum Gasteiger partial charge on any atom is 0.342 e. The van der Waals surface area contributed by atoms with Crippen LogP contribution in [0.4, 0.5) is 4.39 Å². The number of alkyl halides is 1. The van der Waals surface area contributed by atoms with Crippen molar-refractivity contribution < 1.29 is 13.9 Å². The van der Waals surface area contributed by atoms with Gasteiger partial charge in [-0.25, -0.2) is 9.18 Å². The van der Waals surface area contributed by atoms with Gasteiger partial charge in [-0.3, -0.25) is 0 Å². The topological polar surface area (TPSA) is 68.1 Å². The van der Waals surface area contributed by atoms with Crippen molar-refractivity contribution in [3.63, 3.8) is 0 Å². The lowest BCUT2D eigenvalue weighted by Gasteiger charge is -2.15. The van der Waals surface area contributed by atoms with E-state index < -0.39 is 18.2 Å². The van der Waals surface area contributed by atoms with Gasteiger partial charge < -0.3 is 15.5 Å². The molecule has 2 rings (SSSR count). The summed E-state index contributed by atoms with van der Waals surface area (Å²) in [6.07, 6.45) is -0.0597. The Balaban J connectivity index is 0.00000180. The predicted octanol–water partition coefficient (Wildman–Crippen LogP) is 2.49. The van der Waals surface area contributed by atoms with E-state index in [2.05, 4.69) is 9.72 Å². The molecule has 6 heteroatoms. The average molecular weight is 287 g/mol. The number of carbonyl (C=O) groups excluding carboxylic acids is 1. The fourth-order valence-electron chi connectivity index (χ4n) is 1.81. The number of hydrogen-bond donors (Lipinski definition) is 2. The fourth-order valence-corrected chi connectivity index (χ4v) is 1.81. The Morgan fingerprint density at radius 2 is 2.21 bits per heavy atom. The van der Waals surface area contributed by atoms with E-state index in [9.17, 15) is 9.18 Å². The molecule has 19 heavy (non-hydrogen) atoms. The molecule has 1 heterocycles. The lowest BCUT2D eigenvalue weighted by molar-refractivity contribution is -0.149. The number of nitrogens with one attached hydrogen (secondary N) is 1. The number of aromatic amines is 1. The number of H-pyrrole nitrogens is 1. The van der Waals surface area contributed by atoms with Gasteiger partial charge in [0.2, 0.25) is 6.17 Å². The lowest BCUT2D eigenvalue weighted by atomic mass is 10.0. The van der Waals surface area contributed by atoms with E-state index >= 15 is 0 Å². The number of esters is 1. The van der Waals surface area contributed by atoms with E-state index in [0.29, 0.717) is 5.56 Å². The van der Waals surface area contributed by atoms with Gasteiger partial charge >= 0.3 is 5.97 Å². The molecule has 0 spiro atoms. The highest BCUT2D eigenvalue weighted by Crippen LogP contribution is 2.22. The summed E-state index contributed by atoms with van der Waals surface area (Å²) in [6, 6.07) is 6.18. The summed E-state index contributed by atoms with van der Waals surface area (Å²) in [4.78, 5) is 14.3. The van der Waals surface area contributed by atoms with E-state index in [4.69, 9.17) is 5.73 Å². The second kappa shape index (κ2) is 6.54. The van der Waals surface area contributed by atoms with Crippen LogP contribution in [-0.2, 0) is 9.53 Å². The molecule has 0 aliphatic carbocycles. The monoisotopic (exact) mass is 286 g/mol. The Hall–Kier alpha value is -1.59. The number of halogens is 2. The molecule has 0 fully saturated rings. The molecule has 104 valence electrons. The van der Waals surface area contributed by atoms with Gasteiger partial charge in [0.25, 0.3) is 0 Å². The molecule has 1 aromatic carbocycles. The second-order valence-corrected chi connectivity index (χ2v) is 4.00. The maximum atomic E-state index is 13.8. The molecule has 0 aliphatic heterocycles. The van der Waals surface area contributed by atoms with Gasteiger partial charge in [-0.1, -0.05) is 12.1 Å². The Labute approximate surface area is 116 Å². The molecule has 0 amide bonds. The van der Waals surface area contributed by atoms with Crippen molar-refractivity contribution in [1.82, 2.24) is 4.98 Å². The normalized spacial score (nSPS) is 13.6. The molecule has 0 aliphatic rings. The average Bonchev–Trinajstić information content (AvgIpc) is 2.84. The van der Waals surface area contributed by atoms with E-state index in [1.54, 1.807) is 25.3 Å². The van der Waals surface area contributed by atoms with E-state index in [1.807, 2.05) is 12.1 Å². The zero-order valence-electron chi connectivity index (χ0n) is 10.4. The number of benzene rings is 1. The number of carbonyl (C=O) groups is 1. The first-order valence-electron chi connectivity index (χ1n) is 5.76. The summed E-state index contributed by atoms with van der Waals surface area (Å²) in [5.74, 6) is -0.920. The molecule has 3 N–H and O–H groups in total. The number of ether oxygens (including phenoxy) is 1. The van der Waals surface area contributed by atoms with Crippen molar-refractivity contribution in [3.8, 4) is 0 Å². The van der Waals surface area contributed by atoms with Crippen molar-refractivity contribution in [1.29, 1.82) is 0 Å². The summed E-state index contributed by atoms with van der Waals surface area (Å²) >= 11 is 0. The standard InChI is InChI=1S/C13H15FN2O2.ClH/c1-2-18-13(17)11(14)12(15)9-4-3-8-5-6-16-10(8)7-9;/h3-7,11-12,16H,2,15H2,1H3;1H/t11?,12-;/m0./s1. The highest BCUT2D eigenvalue weighted by atomic mass is 35.5. The molecule has 0 saturated carbocycles. The van der Waals surface area contributed by atoms with Gasteiger partial charge in [0.05, 0.1) is 12.6 Å². The summed E-state index contributed by atoms with van der Waals surface area (Å²) in [7, 11) is 0. The van der Waals surface area contributed by atoms with Crippen LogP contribution in [-0.4, -0.2) is 23.7 Å². The van der Waals surface area contributed by atoms with Gasteiger partial charge in [-0.05, 0) is 30.0 Å². The van der Waals surface area contributed by atoms with Crippen molar-refractivity contribution in [3.05, 3.63) is 36.0 Å². The van der Waals surface area contributed by atoms with Crippen LogP contribution in [0.2, 0.25) is 0 Å². The third-order valence-electron chi connectivity index (χ3n) is 2.79. The zero-order chi connectivity index (χ0) is 13.1. The number of aromatic nitrogens is 1. The van der Waals surface area contributed by atoms with Crippen molar-refractivity contribution in [2.45, 2.75) is 19.1 Å². The number of nitrogens with two attached hydrogens (primary N) is 1. The first-order chi connectivity index (χ1) is 8.63. The highest BCUT2D eigenvalue weighted by molar-refractivity contribution is 5.85. The molecule has 0 radical (unpaired) electrons. The smallest absolute Gasteiger partial charge is 0.342 e. The van der Waals surface area contributed by atoms with Crippen LogP contribution in [0.25, 0.3) is 10.9 Å². The summed E-state index contributed by atoms with van der Waals surface area (Å²) < 4.78 is 18.4. The van der Waals surface area contributed by atoms with Gasteiger partial charge in [0, 0.05) is 11.7 Å². The van der Waals surface area contributed by atoms with Crippen molar-refractivity contribution in [2.75, 3.05) is 6.61 Å². The van der Waals surface area contributed by atoms with Crippen LogP contribution in [0.1, 0.15) is 18.5 Å². The third-order valence-corrected chi connectivity index (χ3v) is 2.79. The van der Waals surface area contributed by atoms with Crippen molar-refractivity contribution in [2.24, 2.45) is 5.73 Å². The van der Waals surface area contributed by atoms with Crippen LogP contribution in [0.5, 0.6) is 0 Å². The van der Waals surface area contributed by atoms with Crippen LogP contribution < -0.4 is 5.73 Å². The molecular weight excluding hydrogens is 271 g/mol. The van der Waals surface area contributed by atoms with Crippen LogP contribution in [0.15, 0.2) is 30.5 Å². The molecule has 0 saturated heterocycles. The maximum absolute atomic E-state index is 13.8. The van der Waals surface area contributed by atoms with Gasteiger partial charge in [-0.15, -0.1) is 12.4 Å². The molecular formula is C13H16ClFN2O2. The van der Waals surface area contributed by atoms with Crippen LogP contribution >= 0.6 is 12.4 Å². The summed E-state index contributed by atoms with van der Waals surface area (Å²) in [5.41, 5.74) is 7.16. The first kappa shape index (κ1) is 15.5. The Bertz CT molecular complexity index is 558. The zero-order valence-corrected chi connectivity index (χ0v) is 11.2. The summed E-state index contributed by atoms with van der Waals surface area (Å²) in [5, 5.41) is 1.01. The number of hydrogen-bond acceptors (Lipinski definition) is 3. The molecule has 2 aromatic rings. The Kier molecular flexibility index (Phi) is 5.32. The molecule has 4 nitrogen and oxygen atoms in total. The highest BCUT2D eigenvalue weighted by Gasteiger charge is 2.27. The van der Waals surface area contributed by atoms with Gasteiger partial charge in [0.1, 0.15) is 0 Å². The SMILES string of the molecule is CCOC(=O)C(F)[C@@H](N)c1ccc2cc[nH]c2c1.Cl. The van der Waals surface area contributed by atoms with E-state index in [0.717, 1.165) is 10.9 Å². The van der Waals surface area contributed by atoms with E-state index in [1.165, 1.54) is 0 Å². The molecule has 1 unspecified atom stereocenters. The quantitative estimate of drug-likeness (QED) is 0.849. The molecule has 1 aromatic heterocycles. The predicted molar refractivity (Wildman–Crippen MR) is 74.0 cm³/mol. The lowest BCUT2D eigenvalue weighted by Crippen LogP contribution is -2.31. The second-order valence-electron chi connectivity index (χ2n) is 4.00.